The van der Waals surface area contributed by atoms with Crippen molar-refractivity contribution in [3.8, 4) is 0 Å². The van der Waals surface area contributed by atoms with Gasteiger partial charge >= 0.3 is 5.97 Å². The number of aromatic carboxylic acids is 1. The quantitative estimate of drug-likeness (QED) is 0.732. The van der Waals surface area contributed by atoms with E-state index < -0.39 is 5.97 Å². The molecule has 0 radical (unpaired) electrons. The molecule has 1 atom stereocenters. The Morgan fingerprint density at radius 1 is 1.56 bits per heavy atom. The number of β-amino-alcohol motifs (C(OH)–C–C–N with tert-alkyl or cyclic N) is 1. The number of nitrogens with two attached hydrogens (primary N) is 1. The van der Waals surface area contributed by atoms with Crippen LogP contribution in [0.25, 0.3) is 0 Å². The molecule has 1 heterocycles. The fourth-order valence-electron chi connectivity index (χ4n) is 2.14. The highest BCUT2D eigenvalue weighted by atomic mass is 79.9. The van der Waals surface area contributed by atoms with E-state index in [1.54, 1.807) is 6.07 Å². The van der Waals surface area contributed by atoms with Gasteiger partial charge in [0, 0.05) is 29.8 Å². The molecule has 1 aromatic rings. The van der Waals surface area contributed by atoms with Crippen molar-refractivity contribution in [3.05, 3.63) is 27.7 Å². The molecule has 0 aromatic heterocycles. The summed E-state index contributed by atoms with van der Waals surface area (Å²) < 4.78 is 0.732. The molecule has 0 amide bonds. The van der Waals surface area contributed by atoms with Gasteiger partial charge in [0.2, 0.25) is 0 Å². The largest absolute Gasteiger partial charge is 0.478 e. The lowest BCUT2D eigenvalue weighted by molar-refractivity contribution is 0.0698. The molecule has 0 aliphatic carbocycles. The predicted octanol–water partition coefficient (Wildman–Crippen LogP) is 1.30. The number of likely N-dealkylation sites (tertiary alicyclic amines) is 1. The van der Waals surface area contributed by atoms with E-state index >= 15 is 0 Å². The van der Waals surface area contributed by atoms with Crippen LogP contribution < -0.4 is 5.73 Å². The minimum Gasteiger partial charge on any atom is -0.478 e. The number of aliphatic hydroxyl groups excluding tert-OH is 1. The molecule has 1 aromatic carbocycles. The Bertz CT molecular complexity index is 479. The van der Waals surface area contributed by atoms with Crippen LogP contribution in [0.5, 0.6) is 0 Å². The number of rotatable bonds is 3. The second kappa shape index (κ2) is 5.26. The number of halogens is 1. The van der Waals surface area contributed by atoms with Crippen LogP contribution in [0.15, 0.2) is 16.6 Å². The Balaban J connectivity index is 2.19. The fourth-order valence-corrected chi connectivity index (χ4v) is 2.61. The predicted molar refractivity (Wildman–Crippen MR) is 71.4 cm³/mol. The van der Waals surface area contributed by atoms with E-state index in [0.29, 0.717) is 13.1 Å². The molecule has 1 saturated heterocycles. The van der Waals surface area contributed by atoms with Gasteiger partial charge in [-0.25, -0.2) is 4.79 Å². The van der Waals surface area contributed by atoms with E-state index in [-0.39, 0.29) is 17.4 Å². The molecule has 98 valence electrons. The summed E-state index contributed by atoms with van der Waals surface area (Å²) in [5, 5.41) is 18.4. The average Bonchev–Trinajstić information content (AvgIpc) is 2.68. The van der Waals surface area contributed by atoms with Gasteiger partial charge in [0.05, 0.1) is 11.7 Å². The van der Waals surface area contributed by atoms with Gasteiger partial charge in [-0.3, -0.25) is 4.90 Å². The van der Waals surface area contributed by atoms with E-state index in [0.717, 1.165) is 23.0 Å². The fraction of sp³-hybridized carbons (Fsp3) is 0.417. The second-order valence-electron chi connectivity index (χ2n) is 4.51. The first kappa shape index (κ1) is 13.3. The molecule has 1 aliphatic heterocycles. The number of aliphatic hydroxyl groups is 1. The normalized spacial score (nSPS) is 20.2. The highest BCUT2D eigenvalue weighted by molar-refractivity contribution is 9.10. The Kier molecular flexibility index (Phi) is 3.89. The molecule has 1 aliphatic rings. The van der Waals surface area contributed by atoms with Crippen molar-refractivity contribution >= 4 is 27.6 Å². The molecule has 2 rings (SSSR count). The van der Waals surface area contributed by atoms with Crippen LogP contribution in [-0.2, 0) is 6.54 Å². The van der Waals surface area contributed by atoms with E-state index in [4.69, 9.17) is 10.8 Å². The smallest absolute Gasteiger partial charge is 0.337 e. The summed E-state index contributed by atoms with van der Waals surface area (Å²) >= 11 is 3.36. The zero-order chi connectivity index (χ0) is 13.3. The molecule has 1 unspecified atom stereocenters. The lowest BCUT2D eigenvalue weighted by atomic mass is 10.1. The molecule has 4 N–H and O–H groups in total. The molecule has 0 bridgehead atoms. The van der Waals surface area contributed by atoms with Crippen molar-refractivity contribution in [2.45, 2.75) is 19.1 Å². The Hall–Kier alpha value is -1.11. The van der Waals surface area contributed by atoms with Gasteiger partial charge in [-0.1, -0.05) is 15.9 Å². The monoisotopic (exact) mass is 314 g/mol. The van der Waals surface area contributed by atoms with E-state index in [9.17, 15) is 9.90 Å². The number of anilines is 1. The maximum atomic E-state index is 10.9. The third kappa shape index (κ3) is 2.82. The van der Waals surface area contributed by atoms with Crippen molar-refractivity contribution in [1.29, 1.82) is 0 Å². The number of nitrogens with zero attached hydrogens (tertiary/aromatic N) is 1. The molecule has 6 heteroatoms. The first-order valence-electron chi connectivity index (χ1n) is 5.69. The average molecular weight is 315 g/mol. The summed E-state index contributed by atoms with van der Waals surface area (Å²) in [6.07, 6.45) is 0.514. The van der Waals surface area contributed by atoms with Crippen molar-refractivity contribution in [1.82, 2.24) is 4.90 Å². The van der Waals surface area contributed by atoms with E-state index in [2.05, 4.69) is 20.8 Å². The van der Waals surface area contributed by atoms with Crippen LogP contribution in [0.2, 0.25) is 0 Å². The summed E-state index contributed by atoms with van der Waals surface area (Å²) in [7, 11) is 0. The number of nitrogen functional groups attached to an aromatic ring is 1. The van der Waals surface area contributed by atoms with Crippen LogP contribution in [-0.4, -0.2) is 40.3 Å². The number of hydrogen-bond acceptors (Lipinski definition) is 4. The van der Waals surface area contributed by atoms with Gasteiger partial charge in [0.15, 0.2) is 0 Å². The van der Waals surface area contributed by atoms with Gasteiger partial charge in [-0.05, 0) is 24.1 Å². The third-order valence-electron chi connectivity index (χ3n) is 3.09. The van der Waals surface area contributed by atoms with Crippen molar-refractivity contribution in [2.24, 2.45) is 0 Å². The molecule has 0 saturated carbocycles. The van der Waals surface area contributed by atoms with Crippen molar-refractivity contribution in [2.75, 3.05) is 18.8 Å². The van der Waals surface area contributed by atoms with Crippen molar-refractivity contribution < 1.29 is 15.0 Å². The first-order valence-corrected chi connectivity index (χ1v) is 6.48. The molecule has 5 nitrogen and oxygen atoms in total. The number of carbonyl (C=O) groups is 1. The second-order valence-corrected chi connectivity index (χ2v) is 5.37. The number of carboxylic acid groups (broad SMARTS) is 1. The third-order valence-corrected chi connectivity index (χ3v) is 3.83. The summed E-state index contributed by atoms with van der Waals surface area (Å²) in [6.45, 7) is 2.14. The maximum absolute atomic E-state index is 10.9. The van der Waals surface area contributed by atoms with Gasteiger partial charge in [-0.2, -0.15) is 0 Å². The zero-order valence-corrected chi connectivity index (χ0v) is 11.4. The Morgan fingerprint density at radius 3 is 2.83 bits per heavy atom. The summed E-state index contributed by atoms with van der Waals surface area (Å²) in [4.78, 5) is 13.0. The Morgan fingerprint density at radius 2 is 2.28 bits per heavy atom. The molecular weight excluding hydrogens is 300 g/mol. The van der Waals surface area contributed by atoms with Crippen molar-refractivity contribution in [3.63, 3.8) is 0 Å². The molecule has 18 heavy (non-hydrogen) atoms. The highest BCUT2D eigenvalue weighted by Crippen LogP contribution is 2.26. The van der Waals surface area contributed by atoms with Crippen LogP contribution in [0.1, 0.15) is 22.3 Å². The van der Waals surface area contributed by atoms with Crippen LogP contribution in [0, 0.1) is 0 Å². The summed E-state index contributed by atoms with van der Waals surface area (Å²) in [6, 6.07) is 3.21. The van der Waals surface area contributed by atoms with Gasteiger partial charge < -0.3 is 15.9 Å². The lowest BCUT2D eigenvalue weighted by Crippen LogP contribution is -2.22. The number of benzene rings is 1. The Labute approximate surface area is 113 Å². The number of hydrogen-bond donors (Lipinski definition) is 3. The van der Waals surface area contributed by atoms with Gasteiger partial charge in [-0.15, -0.1) is 0 Å². The topological polar surface area (TPSA) is 86.8 Å². The lowest BCUT2D eigenvalue weighted by Gasteiger charge is -2.17. The minimum atomic E-state index is -1.03. The van der Waals surface area contributed by atoms with Gasteiger partial charge in [0.1, 0.15) is 0 Å². The van der Waals surface area contributed by atoms with E-state index in [1.165, 1.54) is 6.07 Å². The maximum Gasteiger partial charge on any atom is 0.337 e. The first-order chi connectivity index (χ1) is 8.47. The molecule has 0 spiro atoms. The van der Waals surface area contributed by atoms with Crippen LogP contribution >= 0.6 is 15.9 Å². The summed E-state index contributed by atoms with van der Waals surface area (Å²) in [5.74, 6) is -1.03. The number of carboxylic acids is 1. The van der Waals surface area contributed by atoms with Crippen LogP contribution in [0.4, 0.5) is 5.69 Å². The minimum absolute atomic E-state index is 0.104. The zero-order valence-electron chi connectivity index (χ0n) is 9.77. The SMILES string of the molecule is Nc1cc(CN2CCC(O)C2)c(Br)cc1C(=O)O. The van der Waals surface area contributed by atoms with E-state index in [1.807, 2.05) is 0 Å². The molecular formula is C12H15BrN2O3. The molecule has 1 fully saturated rings. The van der Waals surface area contributed by atoms with Gasteiger partial charge in [0.25, 0.3) is 0 Å². The highest BCUT2D eigenvalue weighted by Gasteiger charge is 2.21. The standard InChI is InChI=1S/C12H15BrN2O3/c13-10-4-9(12(17)18)11(14)3-7(10)5-15-2-1-8(16)6-15/h3-4,8,16H,1-2,5-6,14H2,(H,17,18). The summed E-state index contributed by atoms with van der Waals surface area (Å²) in [5.41, 5.74) is 7.03. The van der Waals surface area contributed by atoms with Crippen LogP contribution in [0.3, 0.4) is 0 Å².